The Bertz CT molecular complexity index is 994. The van der Waals surface area contributed by atoms with Gasteiger partial charge in [-0.3, -0.25) is 0 Å². The van der Waals surface area contributed by atoms with Crippen molar-refractivity contribution in [2.45, 2.75) is 18.9 Å². The van der Waals surface area contributed by atoms with E-state index in [9.17, 15) is 26.3 Å². The Hall–Kier alpha value is -1.45. The zero-order valence-electron chi connectivity index (χ0n) is 12.9. The summed E-state index contributed by atoms with van der Waals surface area (Å²) in [6.45, 7) is -0.290. The molecule has 2 nitrogen and oxygen atoms in total. The highest BCUT2D eigenvalue weighted by Gasteiger charge is 2.37. The fraction of sp³-hybridized carbons (Fsp3) is 0.188. The maximum Gasteiger partial charge on any atom is 0.416 e. The molecule has 3 rings (SSSR count). The maximum absolute atomic E-state index is 13.0. The molecule has 0 radical (unpaired) electrons. The third kappa shape index (κ3) is 4.20. The van der Waals surface area contributed by atoms with Crippen LogP contribution in [0.15, 0.2) is 35.1 Å². The second kappa shape index (κ2) is 6.86. The van der Waals surface area contributed by atoms with Crippen molar-refractivity contribution in [2.75, 3.05) is 0 Å². The topological polar surface area (TPSA) is 17.8 Å². The lowest BCUT2D eigenvalue weighted by Gasteiger charge is -2.15. The fourth-order valence-electron chi connectivity index (χ4n) is 2.53. The number of aromatic nitrogens is 2. The molecule has 3 aromatic rings. The molecule has 0 spiro atoms. The summed E-state index contributed by atoms with van der Waals surface area (Å²) in [5, 5.41) is 0.401. The maximum atomic E-state index is 13.0. The second-order valence-electron chi connectivity index (χ2n) is 5.64. The van der Waals surface area contributed by atoms with E-state index in [0.29, 0.717) is 23.2 Å². The first-order chi connectivity index (χ1) is 12.4. The van der Waals surface area contributed by atoms with E-state index in [2.05, 4.69) is 20.9 Å². The van der Waals surface area contributed by atoms with Crippen LogP contribution in [0, 0.1) is 0 Å². The molecule has 0 bridgehead atoms. The monoisotopic (exact) mass is 490 g/mol. The van der Waals surface area contributed by atoms with Gasteiger partial charge in [-0.1, -0.05) is 23.2 Å². The first kappa shape index (κ1) is 20.3. The van der Waals surface area contributed by atoms with Crippen LogP contribution in [-0.4, -0.2) is 9.55 Å². The number of hydrogen-bond donors (Lipinski definition) is 0. The van der Waals surface area contributed by atoms with E-state index in [1.54, 1.807) is 0 Å². The Morgan fingerprint density at radius 1 is 0.852 bits per heavy atom. The summed E-state index contributed by atoms with van der Waals surface area (Å²) in [4.78, 5) is 4.15. The quantitative estimate of drug-likeness (QED) is 0.347. The smallest absolute Gasteiger partial charge is 0.314 e. The number of imidazole rings is 1. The van der Waals surface area contributed by atoms with Crippen molar-refractivity contribution in [3.63, 3.8) is 0 Å². The average Bonchev–Trinajstić information content (AvgIpc) is 2.81. The minimum absolute atomic E-state index is 0.0845. The van der Waals surface area contributed by atoms with Crippen LogP contribution in [0.4, 0.5) is 26.3 Å². The zero-order valence-corrected chi connectivity index (χ0v) is 16.0. The van der Waals surface area contributed by atoms with Gasteiger partial charge in [0.15, 0.2) is 4.73 Å². The number of hydrogen-bond acceptors (Lipinski definition) is 1. The molecule has 0 amide bonds. The zero-order chi connectivity index (χ0) is 20.1. The van der Waals surface area contributed by atoms with Crippen LogP contribution in [-0.2, 0) is 18.9 Å². The van der Waals surface area contributed by atoms with Gasteiger partial charge < -0.3 is 4.57 Å². The summed E-state index contributed by atoms with van der Waals surface area (Å²) in [5.74, 6) is 0. The number of fused-ring (bicyclic) bond motifs is 1. The van der Waals surface area contributed by atoms with Crippen LogP contribution in [0.5, 0.6) is 0 Å². The van der Waals surface area contributed by atoms with Crippen molar-refractivity contribution in [3.8, 4) is 0 Å². The van der Waals surface area contributed by atoms with Crippen molar-refractivity contribution in [2.24, 2.45) is 0 Å². The third-order valence-corrected chi connectivity index (χ3v) is 5.06. The number of nitrogens with zero attached hydrogens (tertiary/aromatic N) is 2. The predicted molar refractivity (Wildman–Crippen MR) is 93.0 cm³/mol. The Kier molecular flexibility index (Phi) is 5.15. The Labute approximate surface area is 166 Å². The first-order valence-electron chi connectivity index (χ1n) is 7.15. The highest BCUT2D eigenvalue weighted by molar-refractivity contribution is 9.10. The average molecular weight is 492 g/mol. The SMILES string of the molecule is FC(F)(F)c1cc(Cn2c(Br)nc3cc(Cl)c(Cl)cc32)cc(C(F)(F)F)c1. The lowest BCUT2D eigenvalue weighted by Crippen LogP contribution is -2.13. The minimum atomic E-state index is -4.92. The highest BCUT2D eigenvalue weighted by atomic mass is 79.9. The van der Waals surface area contributed by atoms with Crippen LogP contribution in [0.1, 0.15) is 16.7 Å². The van der Waals surface area contributed by atoms with Crippen molar-refractivity contribution in [3.05, 3.63) is 61.8 Å². The van der Waals surface area contributed by atoms with Crippen LogP contribution < -0.4 is 0 Å². The van der Waals surface area contributed by atoms with E-state index in [0.717, 1.165) is 0 Å². The lowest BCUT2D eigenvalue weighted by atomic mass is 10.0. The normalized spacial score (nSPS) is 12.8. The van der Waals surface area contributed by atoms with Gasteiger partial charge >= 0.3 is 12.4 Å². The summed E-state index contributed by atoms with van der Waals surface area (Å²) in [7, 11) is 0. The highest BCUT2D eigenvalue weighted by Crippen LogP contribution is 2.37. The van der Waals surface area contributed by atoms with E-state index >= 15 is 0 Å². The van der Waals surface area contributed by atoms with Crippen LogP contribution in [0.3, 0.4) is 0 Å². The third-order valence-electron chi connectivity index (χ3n) is 3.73. The molecule has 0 aliphatic heterocycles. The molecule has 0 fully saturated rings. The summed E-state index contributed by atoms with van der Waals surface area (Å²) in [6, 6.07) is 4.32. The van der Waals surface area contributed by atoms with Gasteiger partial charge in [-0.25, -0.2) is 4.98 Å². The van der Waals surface area contributed by atoms with E-state index in [1.165, 1.54) is 16.7 Å². The minimum Gasteiger partial charge on any atom is -0.314 e. The summed E-state index contributed by atoms with van der Waals surface area (Å²) < 4.78 is 79.7. The molecule has 0 N–H and O–H groups in total. The molecule has 1 aromatic heterocycles. The molecule has 2 aromatic carbocycles. The standard InChI is InChI=1S/C16H7BrCl2F6N2/c17-14-26-12-4-10(18)11(19)5-13(12)27(14)6-7-1-8(15(20,21)22)3-9(2-7)16(23,24)25/h1-5H,6H2. The van der Waals surface area contributed by atoms with Crippen LogP contribution in [0.2, 0.25) is 10.0 Å². The second-order valence-corrected chi connectivity index (χ2v) is 7.16. The summed E-state index contributed by atoms with van der Waals surface area (Å²) in [5.41, 5.74) is -2.16. The first-order valence-corrected chi connectivity index (χ1v) is 8.70. The molecule has 11 heteroatoms. The van der Waals surface area contributed by atoms with E-state index in [4.69, 9.17) is 23.2 Å². The molecule has 0 unspecified atom stereocenters. The van der Waals surface area contributed by atoms with Gasteiger partial charge in [-0.05, 0) is 51.8 Å². The van der Waals surface area contributed by atoms with E-state index < -0.39 is 23.5 Å². The largest absolute Gasteiger partial charge is 0.416 e. The Balaban J connectivity index is 2.14. The molecule has 0 aliphatic carbocycles. The van der Waals surface area contributed by atoms with Gasteiger partial charge in [-0.15, -0.1) is 0 Å². The molecule has 0 saturated carbocycles. The van der Waals surface area contributed by atoms with Crippen molar-refractivity contribution >= 4 is 50.2 Å². The molecular weight excluding hydrogens is 485 g/mol. The lowest BCUT2D eigenvalue weighted by molar-refractivity contribution is -0.143. The van der Waals surface area contributed by atoms with E-state index in [1.807, 2.05) is 0 Å². The molecule has 144 valence electrons. The number of alkyl halides is 6. The molecular formula is C16H7BrCl2F6N2. The van der Waals surface area contributed by atoms with Crippen molar-refractivity contribution in [1.82, 2.24) is 9.55 Å². The van der Waals surface area contributed by atoms with E-state index in [-0.39, 0.29) is 33.0 Å². The van der Waals surface area contributed by atoms with Gasteiger partial charge in [0.1, 0.15) is 0 Å². The molecule has 0 saturated heterocycles. The molecule has 0 atom stereocenters. The fourth-order valence-corrected chi connectivity index (χ4v) is 3.36. The van der Waals surface area contributed by atoms with Gasteiger partial charge in [0.05, 0.1) is 38.8 Å². The van der Waals surface area contributed by atoms with Crippen molar-refractivity contribution in [1.29, 1.82) is 0 Å². The van der Waals surface area contributed by atoms with Gasteiger partial charge in [0.2, 0.25) is 0 Å². The van der Waals surface area contributed by atoms with Gasteiger partial charge in [-0.2, -0.15) is 26.3 Å². The number of halogens is 9. The predicted octanol–water partition coefficient (Wildman–Crippen LogP) is 7.19. The number of benzene rings is 2. The Morgan fingerprint density at radius 3 is 1.89 bits per heavy atom. The van der Waals surface area contributed by atoms with Crippen LogP contribution >= 0.6 is 39.1 Å². The number of rotatable bonds is 2. The van der Waals surface area contributed by atoms with Gasteiger partial charge in [0, 0.05) is 0 Å². The van der Waals surface area contributed by atoms with Crippen LogP contribution in [0.25, 0.3) is 11.0 Å². The molecule has 1 heterocycles. The summed E-state index contributed by atoms with van der Waals surface area (Å²) in [6.07, 6.45) is -9.83. The molecule has 0 aliphatic rings. The summed E-state index contributed by atoms with van der Waals surface area (Å²) >= 11 is 15.0. The molecule has 27 heavy (non-hydrogen) atoms. The van der Waals surface area contributed by atoms with Gasteiger partial charge in [0.25, 0.3) is 0 Å². The van der Waals surface area contributed by atoms with Crippen molar-refractivity contribution < 1.29 is 26.3 Å². The Morgan fingerprint density at radius 2 is 1.37 bits per heavy atom.